The number of nitrogens with zero attached hydrogens (tertiary/aromatic N) is 1. The molecule has 1 aromatic carbocycles. The Morgan fingerprint density at radius 1 is 1.26 bits per heavy atom. The molecule has 0 bridgehead atoms. The minimum Gasteiger partial charge on any atom is -0.488 e. The van der Waals surface area contributed by atoms with Crippen molar-refractivity contribution in [2.24, 2.45) is 11.8 Å². The van der Waals surface area contributed by atoms with E-state index in [2.05, 4.69) is 13.8 Å². The Labute approximate surface area is 112 Å². The van der Waals surface area contributed by atoms with E-state index < -0.39 is 4.92 Å². The van der Waals surface area contributed by atoms with E-state index in [0.717, 1.165) is 12.8 Å². The van der Waals surface area contributed by atoms with Gasteiger partial charge in [0.15, 0.2) is 0 Å². The van der Waals surface area contributed by atoms with Crippen molar-refractivity contribution in [3.63, 3.8) is 0 Å². The highest BCUT2D eigenvalue weighted by molar-refractivity contribution is 5.58. The fraction of sp³-hybridized carbons (Fsp3) is 0.571. The largest absolute Gasteiger partial charge is 0.488 e. The maximum absolute atomic E-state index is 10.6. The van der Waals surface area contributed by atoms with E-state index in [1.165, 1.54) is 18.6 Å². The summed E-state index contributed by atoms with van der Waals surface area (Å²) >= 11 is 0. The van der Waals surface area contributed by atoms with Crippen LogP contribution >= 0.6 is 0 Å². The fourth-order valence-corrected chi connectivity index (χ4v) is 2.91. The quantitative estimate of drug-likeness (QED) is 0.515. The molecule has 0 heterocycles. The van der Waals surface area contributed by atoms with Gasteiger partial charge in [0.2, 0.25) is 0 Å². The predicted octanol–water partition coefficient (Wildman–Crippen LogP) is 3.38. The Bertz CT molecular complexity index is 466. The lowest BCUT2D eigenvalue weighted by Crippen LogP contribution is -2.28. The lowest BCUT2D eigenvalue weighted by atomic mass is 9.82. The second kappa shape index (κ2) is 5.47. The number of non-ortho nitro benzene ring substituents is 1. The maximum atomic E-state index is 10.6. The Morgan fingerprint density at radius 3 is 2.42 bits per heavy atom. The van der Waals surface area contributed by atoms with Crippen LogP contribution in [-0.4, -0.2) is 11.0 Å². The summed E-state index contributed by atoms with van der Waals surface area (Å²) in [4.78, 5) is 10.2. The summed E-state index contributed by atoms with van der Waals surface area (Å²) in [7, 11) is 0. The first-order chi connectivity index (χ1) is 8.95. The number of nitrogens with two attached hydrogens (primary N) is 1. The zero-order chi connectivity index (χ0) is 14.0. The van der Waals surface area contributed by atoms with Crippen LogP contribution in [0.3, 0.4) is 0 Å². The first-order valence-corrected chi connectivity index (χ1v) is 6.66. The summed E-state index contributed by atoms with van der Waals surface area (Å²) in [6.45, 7) is 4.45. The van der Waals surface area contributed by atoms with E-state index >= 15 is 0 Å². The number of rotatable bonds is 3. The van der Waals surface area contributed by atoms with E-state index in [0.29, 0.717) is 23.3 Å². The number of nitrogen functional groups attached to an aromatic ring is 1. The zero-order valence-corrected chi connectivity index (χ0v) is 11.3. The summed E-state index contributed by atoms with van der Waals surface area (Å²) in [5.74, 6) is 1.85. The molecule has 2 N–H and O–H groups in total. The molecule has 1 aliphatic carbocycles. The lowest BCUT2D eigenvalue weighted by Gasteiger charge is -2.31. The average Bonchev–Trinajstić information content (AvgIpc) is 2.30. The van der Waals surface area contributed by atoms with E-state index in [-0.39, 0.29) is 11.8 Å². The molecule has 19 heavy (non-hydrogen) atoms. The smallest absolute Gasteiger partial charge is 0.271 e. The number of nitro groups is 1. The van der Waals surface area contributed by atoms with Crippen molar-refractivity contribution in [1.82, 2.24) is 0 Å². The van der Waals surface area contributed by atoms with Crippen LogP contribution in [0.2, 0.25) is 0 Å². The van der Waals surface area contributed by atoms with Crippen LogP contribution in [0.1, 0.15) is 33.1 Å². The third kappa shape index (κ3) is 3.36. The number of hydrogen-bond acceptors (Lipinski definition) is 4. The van der Waals surface area contributed by atoms with Crippen LogP contribution in [-0.2, 0) is 0 Å². The number of hydrogen-bond donors (Lipinski definition) is 1. The molecule has 0 amide bonds. The maximum Gasteiger partial charge on any atom is 0.271 e. The predicted molar refractivity (Wildman–Crippen MR) is 74.1 cm³/mol. The molecule has 2 atom stereocenters. The molecule has 1 fully saturated rings. The first-order valence-electron chi connectivity index (χ1n) is 6.66. The molecule has 104 valence electrons. The normalized spacial score (nSPS) is 26.9. The fourth-order valence-electron chi connectivity index (χ4n) is 2.91. The van der Waals surface area contributed by atoms with Crippen LogP contribution < -0.4 is 10.5 Å². The van der Waals surface area contributed by atoms with Gasteiger partial charge in [0.05, 0.1) is 16.7 Å². The SMILES string of the molecule is CC1CC(C)CC(Oc2ccc([N+](=O)[O-])cc2N)C1. The average molecular weight is 264 g/mol. The molecular formula is C14H20N2O3. The third-order valence-corrected chi connectivity index (χ3v) is 3.63. The van der Waals surface area contributed by atoms with Crippen molar-refractivity contribution in [1.29, 1.82) is 0 Å². The minimum atomic E-state index is -0.453. The van der Waals surface area contributed by atoms with Crippen molar-refractivity contribution >= 4 is 11.4 Å². The topological polar surface area (TPSA) is 78.4 Å². The summed E-state index contributed by atoms with van der Waals surface area (Å²) in [5, 5.41) is 10.6. The summed E-state index contributed by atoms with van der Waals surface area (Å²) in [6, 6.07) is 4.38. The lowest BCUT2D eigenvalue weighted by molar-refractivity contribution is -0.384. The number of nitro benzene ring substituents is 1. The van der Waals surface area contributed by atoms with Gasteiger partial charge in [-0.1, -0.05) is 13.8 Å². The summed E-state index contributed by atoms with van der Waals surface area (Å²) < 4.78 is 5.91. The van der Waals surface area contributed by atoms with Gasteiger partial charge in [-0.25, -0.2) is 0 Å². The third-order valence-electron chi connectivity index (χ3n) is 3.63. The first kappa shape index (κ1) is 13.6. The number of benzene rings is 1. The highest BCUT2D eigenvalue weighted by Crippen LogP contribution is 2.34. The molecule has 5 nitrogen and oxygen atoms in total. The van der Waals surface area contributed by atoms with Gasteiger partial charge in [-0.2, -0.15) is 0 Å². The summed E-state index contributed by atoms with van der Waals surface area (Å²) in [6.07, 6.45) is 3.42. The number of ether oxygens (including phenoxy) is 1. The van der Waals surface area contributed by atoms with Crippen LogP contribution in [0.25, 0.3) is 0 Å². The van der Waals surface area contributed by atoms with Gasteiger partial charge in [0.1, 0.15) is 5.75 Å². The standard InChI is InChI=1S/C14H20N2O3/c1-9-5-10(2)7-12(6-9)19-14-4-3-11(16(17)18)8-13(14)15/h3-4,8-10,12H,5-7,15H2,1-2H3. The highest BCUT2D eigenvalue weighted by Gasteiger charge is 2.25. The minimum absolute atomic E-state index is 0.00442. The van der Waals surface area contributed by atoms with Gasteiger partial charge in [-0.05, 0) is 37.2 Å². The van der Waals surface area contributed by atoms with Crippen molar-refractivity contribution in [3.8, 4) is 5.75 Å². The molecule has 0 saturated heterocycles. The van der Waals surface area contributed by atoms with E-state index in [1.54, 1.807) is 6.07 Å². The molecular weight excluding hydrogens is 244 g/mol. The molecule has 1 aliphatic rings. The Hall–Kier alpha value is -1.78. The van der Waals surface area contributed by atoms with Crippen molar-refractivity contribution in [2.75, 3.05) is 5.73 Å². The van der Waals surface area contributed by atoms with Gasteiger partial charge in [-0.3, -0.25) is 10.1 Å². The van der Waals surface area contributed by atoms with Crippen molar-refractivity contribution < 1.29 is 9.66 Å². The van der Waals surface area contributed by atoms with Crippen LogP contribution in [0.15, 0.2) is 18.2 Å². The van der Waals surface area contributed by atoms with Crippen LogP contribution in [0.5, 0.6) is 5.75 Å². The van der Waals surface area contributed by atoms with Gasteiger partial charge in [0, 0.05) is 12.1 Å². The highest BCUT2D eigenvalue weighted by atomic mass is 16.6. The molecule has 0 aliphatic heterocycles. The second-order valence-corrected chi connectivity index (χ2v) is 5.64. The Balaban J connectivity index is 2.08. The van der Waals surface area contributed by atoms with Gasteiger partial charge >= 0.3 is 0 Å². The van der Waals surface area contributed by atoms with Gasteiger partial charge in [0.25, 0.3) is 5.69 Å². The molecule has 0 aromatic heterocycles. The molecule has 2 rings (SSSR count). The van der Waals surface area contributed by atoms with Gasteiger partial charge in [-0.15, -0.1) is 0 Å². The Kier molecular flexibility index (Phi) is 3.93. The van der Waals surface area contributed by atoms with Crippen LogP contribution in [0, 0.1) is 22.0 Å². The molecule has 0 radical (unpaired) electrons. The molecule has 0 spiro atoms. The molecule has 1 saturated carbocycles. The monoisotopic (exact) mass is 264 g/mol. The van der Waals surface area contributed by atoms with Gasteiger partial charge < -0.3 is 10.5 Å². The Morgan fingerprint density at radius 2 is 1.89 bits per heavy atom. The second-order valence-electron chi connectivity index (χ2n) is 5.64. The van der Waals surface area contributed by atoms with Crippen molar-refractivity contribution in [3.05, 3.63) is 28.3 Å². The van der Waals surface area contributed by atoms with E-state index in [4.69, 9.17) is 10.5 Å². The summed E-state index contributed by atoms with van der Waals surface area (Å²) in [5.41, 5.74) is 6.15. The molecule has 2 unspecified atom stereocenters. The molecule has 5 heteroatoms. The molecule has 1 aromatic rings. The van der Waals surface area contributed by atoms with E-state index in [1.807, 2.05) is 0 Å². The number of anilines is 1. The van der Waals surface area contributed by atoms with Crippen molar-refractivity contribution in [2.45, 2.75) is 39.2 Å². The van der Waals surface area contributed by atoms with Crippen LogP contribution in [0.4, 0.5) is 11.4 Å². The zero-order valence-electron chi connectivity index (χ0n) is 11.3. The van der Waals surface area contributed by atoms with E-state index in [9.17, 15) is 10.1 Å².